The highest BCUT2D eigenvalue weighted by Crippen LogP contribution is 2.47. The molecular formula is C12H21ClN2O2. The average Bonchev–Trinajstić information content (AvgIpc) is 2.92. The van der Waals surface area contributed by atoms with Gasteiger partial charge in [0.2, 0.25) is 5.91 Å². The van der Waals surface area contributed by atoms with Gasteiger partial charge in [-0.05, 0) is 37.5 Å². The molecule has 3 rings (SSSR count). The van der Waals surface area contributed by atoms with Gasteiger partial charge in [0.15, 0.2) is 0 Å². The molecule has 5 atom stereocenters. The molecule has 3 N–H and O–H groups in total. The first-order valence-electron chi connectivity index (χ1n) is 6.39. The van der Waals surface area contributed by atoms with Crippen LogP contribution in [0.25, 0.3) is 0 Å². The van der Waals surface area contributed by atoms with Crippen molar-refractivity contribution >= 4 is 18.3 Å². The zero-order valence-electron chi connectivity index (χ0n) is 9.93. The number of nitrogens with two attached hydrogens (primary N) is 1. The van der Waals surface area contributed by atoms with Crippen LogP contribution in [-0.2, 0) is 9.53 Å². The monoisotopic (exact) mass is 260 g/mol. The summed E-state index contributed by atoms with van der Waals surface area (Å²) in [4.78, 5) is 12.2. The molecule has 2 bridgehead atoms. The lowest BCUT2D eigenvalue weighted by Gasteiger charge is -2.28. The van der Waals surface area contributed by atoms with Crippen molar-refractivity contribution in [3.63, 3.8) is 0 Å². The van der Waals surface area contributed by atoms with E-state index in [0.29, 0.717) is 18.4 Å². The molecule has 1 heterocycles. The Bertz CT molecular complexity index is 292. The highest BCUT2D eigenvalue weighted by molar-refractivity contribution is 5.85. The van der Waals surface area contributed by atoms with Gasteiger partial charge < -0.3 is 15.8 Å². The second-order valence-electron chi connectivity index (χ2n) is 5.51. The molecule has 0 aromatic rings. The van der Waals surface area contributed by atoms with Gasteiger partial charge in [0.05, 0.1) is 18.6 Å². The summed E-state index contributed by atoms with van der Waals surface area (Å²) >= 11 is 0. The van der Waals surface area contributed by atoms with Gasteiger partial charge in [0.1, 0.15) is 0 Å². The van der Waals surface area contributed by atoms with Gasteiger partial charge in [-0.1, -0.05) is 0 Å². The van der Waals surface area contributed by atoms with Crippen LogP contribution in [0.15, 0.2) is 0 Å². The third kappa shape index (κ3) is 2.30. The zero-order valence-corrected chi connectivity index (χ0v) is 10.7. The van der Waals surface area contributed by atoms with Crippen molar-refractivity contribution in [2.45, 2.75) is 37.8 Å². The summed E-state index contributed by atoms with van der Waals surface area (Å²) in [5.74, 6) is 1.39. The SMILES string of the molecule is Cl.NC1C2CCC(C2)C1C(=O)NC1CCOC1. The Labute approximate surface area is 108 Å². The van der Waals surface area contributed by atoms with Crippen molar-refractivity contribution in [3.8, 4) is 0 Å². The quantitative estimate of drug-likeness (QED) is 0.768. The van der Waals surface area contributed by atoms with E-state index in [-0.39, 0.29) is 36.3 Å². The van der Waals surface area contributed by atoms with Gasteiger partial charge in [-0.25, -0.2) is 0 Å². The number of hydrogen-bond acceptors (Lipinski definition) is 3. The maximum Gasteiger partial charge on any atom is 0.225 e. The number of halogens is 1. The third-order valence-electron chi connectivity index (χ3n) is 4.56. The molecule has 0 radical (unpaired) electrons. The topological polar surface area (TPSA) is 64.4 Å². The summed E-state index contributed by atoms with van der Waals surface area (Å²) < 4.78 is 5.26. The fraction of sp³-hybridized carbons (Fsp3) is 0.917. The minimum Gasteiger partial charge on any atom is -0.379 e. The zero-order chi connectivity index (χ0) is 11.1. The first kappa shape index (κ1) is 13.1. The minimum absolute atomic E-state index is 0. The number of carbonyl (C=O) groups is 1. The van der Waals surface area contributed by atoms with Gasteiger partial charge in [0, 0.05) is 12.6 Å². The van der Waals surface area contributed by atoms with Crippen molar-refractivity contribution in [2.75, 3.05) is 13.2 Å². The molecule has 1 aliphatic heterocycles. The molecule has 3 fully saturated rings. The summed E-state index contributed by atoms with van der Waals surface area (Å²) in [6.07, 6.45) is 4.53. The molecule has 2 saturated carbocycles. The standard InChI is InChI=1S/C12H20N2O2.ClH/c13-11-8-2-1-7(5-8)10(11)12(15)14-9-3-4-16-6-9;/h7-11H,1-6,13H2,(H,14,15);1H. The summed E-state index contributed by atoms with van der Waals surface area (Å²) in [5.41, 5.74) is 6.15. The highest BCUT2D eigenvalue weighted by Gasteiger charge is 2.49. The van der Waals surface area contributed by atoms with Crippen LogP contribution in [-0.4, -0.2) is 31.2 Å². The summed E-state index contributed by atoms with van der Waals surface area (Å²) in [6, 6.07) is 0.319. The Morgan fingerprint density at radius 3 is 2.59 bits per heavy atom. The highest BCUT2D eigenvalue weighted by atomic mass is 35.5. The lowest BCUT2D eigenvalue weighted by atomic mass is 9.84. The predicted octanol–water partition coefficient (Wildman–Crippen LogP) is 0.687. The predicted molar refractivity (Wildman–Crippen MR) is 66.9 cm³/mol. The van der Waals surface area contributed by atoms with E-state index in [1.807, 2.05) is 0 Å². The summed E-state index contributed by atoms with van der Waals surface area (Å²) in [5, 5.41) is 3.09. The van der Waals surface area contributed by atoms with Crippen molar-refractivity contribution in [3.05, 3.63) is 0 Å². The van der Waals surface area contributed by atoms with Crippen molar-refractivity contribution in [2.24, 2.45) is 23.5 Å². The average molecular weight is 261 g/mol. The second kappa shape index (κ2) is 5.12. The molecule has 5 heteroatoms. The summed E-state index contributed by atoms with van der Waals surface area (Å²) in [6.45, 7) is 1.44. The molecule has 2 aliphatic carbocycles. The van der Waals surface area contributed by atoms with Crippen LogP contribution >= 0.6 is 12.4 Å². The molecule has 4 nitrogen and oxygen atoms in total. The number of nitrogens with one attached hydrogen (secondary N) is 1. The first-order valence-corrected chi connectivity index (χ1v) is 6.39. The second-order valence-corrected chi connectivity index (χ2v) is 5.51. The molecule has 1 saturated heterocycles. The van der Waals surface area contributed by atoms with Crippen LogP contribution in [0.3, 0.4) is 0 Å². The molecule has 0 aromatic heterocycles. The van der Waals surface area contributed by atoms with Crippen molar-refractivity contribution in [1.29, 1.82) is 0 Å². The number of amides is 1. The van der Waals surface area contributed by atoms with E-state index in [1.54, 1.807) is 0 Å². The fourth-order valence-corrected chi connectivity index (χ4v) is 3.67. The maximum atomic E-state index is 12.2. The Morgan fingerprint density at radius 2 is 2.00 bits per heavy atom. The molecule has 17 heavy (non-hydrogen) atoms. The van der Waals surface area contributed by atoms with E-state index in [9.17, 15) is 4.79 Å². The van der Waals surface area contributed by atoms with Crippen LogP contribution < -0.4 is 11.1 Å². The lowest BCUT2D eigenvalue weighted by molar-refractivity contribution is -0.127. The number of rotatable bonds is 2. The van der Waals surface area contributed by atoms with Crippen molar-refractivity contribution in [1.82, 2.24) is 5.32 Å². The Kier molecular flexibility index (Phi) is 3.95. The number of fused-ring (bicyclic) bond motifs is 2. The maximum absolute atomic E-state index is 12.2. The van der Waals surface area contributed by atoms with Gasteiger partial charge in [-0.15, -0.1) is 12.4 Å². The van der Waals surface area contributed by atoms with E-state index < -0.39 is 0 Å². The smallest absolute Gasteiger partial charge is 0.225 e. The van der Waals surface area contributed by atoms with Gasteiger partial charge in [-0.3, -0.25) is 4.79 Å². The number of ether oxygens (including phenoxy) is 1. The van der Waals surface area contributed by atoms with Crippen LogP contribution in [0.1, 0.15) is 25.7 Å². The lowest BCUT2D eigenvalue weighted by Crippen LogP contribution is -2.48. The normalized spacial score (nSPS) is 43.5. The number of carbonyl (C=O) groups excluding carboxylic acids is 1. The van der Waals surface area contributed by atoms with E-state index in [4.69, 9.17) is 10.5 Å². The van der Waals surface area contributed by atoms with Crippen LogP contribution in [0.5, 0.6) is 0 Å². The third-order valence-corrected chi connectivity index (χ3v) is 4.56. The molecular weight excluding hydrogens is 240 g/mol. The first-order chi connectivity index (χ1) is 7.75. The molecule has 0 spiro atoms. The Hall–Kier alpha value is -0.320. The van der Waals surface area contributed by atoms with Crippen LogP contribution in [0.2, 0.25) is 0 Å². The number of hydrogen-bond donors (Lipinski definition) is 2. The minimum atomic E-state index is 0. The molecule has 3 aliphatic rings. The van der Waals surface area contributed by atoms with Gasteiger partial charge >= 0.3 is 0 Å². The largest absolute Gasteiger partial charge is 0.379 e. The van der Waals surface area contributed by atoms with E-state index in [0.717, 1.165) is 13.0 Å². The Morgan fingerprint density at radius 1 is 1.24 bits per heavy atom. The Balaban J connectivity index is 0.00000108. The molecule has 0 aromatic carbocycles. The van der Waals surface area contributed by atoms with E-state index in [2.05, 4.69) is 5.32 Å². The van der Waals surface area contributed by atoms with Gasteiger partial charge in [-0.2, -0.15) is 0 Å². The molecule has 1 amide bonds. The molecule has 98 valence electrons. The van der Waals surface area contributed by atoms with Crippen molar-refractivity contribution < 1.29 is 9.53 Å². The van der Waals surface area contributed by atoms with E-state index >= 15 is 0 Å². The fourth-order valence-electron chi connectivity index (χ4n) is 3.67. The van der Waals surface area contributed by atoms with E-state index in [1.165, 1.54) is 19.3 Å². The molecule has 5 unspecified atom stereocenters. The van der Waals surface area contributed by atoms with Gasteiger partial charge in [0.25, 0.3) is 0 Å². The van der Waals surface area contributed by atoms with Crippen LogP contribution in [0.4, 0.5) is 0 Å². The van der Waals surface area contributed by atoms with Crippen LogP contribution in [0, 0.1) is 17.8 Å². The summed E-state index contributed by atoms with van der Waals surface area (Å²) in [7, 11) is 0.